The minimum atomic E-state index is 0.855. The number of aromatic nitrogens is 2. The Hall–Kier alpha value is -0.650. The van der Waals surface area contributed by atoms with Crippen LogP contribution in [0.4, 0.5) is 0 Å². The highest BCUT2D eigenvalue weighted by atomic mass is 79.9. The Labute approximate surface area is 108 Å². The van der Waals surface area contributed by atoms with Crippen molar-refractivity contribution in [3.05, 3.63) is 38.5 Å². The molecule has 2 heterocycles. The summed E-state index contributed by atoms with van der Waals surface area (Å²) >= 11 is 5.24. The molecule has 3 nitrogen and oxygen atoms in total. The van der Waals surface area contributed by atoms with E-state index < -0.39 is 0 Å². The number of rotatable bonds is 4. The van der Waals surface area contributed by atoms with Gasteiger partial charge in [-0.15, -0.1) is 11.3 Å². The smallest absolute Gasteiger partial charge is 0.106 e. The van der Waals surface area contributed by atoms with Crippen LogP contribution in [-0.4, -0.2) is 16.6 Å². The largest absolute Gasteiger partial charge is 0.326 e. The minimum absolute atomic E-state index is 0.855. The number of aryl methyl sites for hydroxylation is 1. The molecule has 0 fully saturated rings. The molecule has 0 spiro atoms. The predicted octanol–water partition coefficient (Wildman–Crippen LogP) is 2.78. The Morgan fingerprint density at radius 3 is 3.00 bits per heavy atom. The van der Waals surface area contributed by atoms with Gasteiger partial charge >= 0.3 is 0 Å². The zero-order valence-corrected chi connectivity index (χ0v) is 11.7. The fourth-order valence-corrected chi connectivity index (χ4v) is 3.08. The molecule has 0 unspecified atom stereocenters. The van der Waals surface area contributed by atoms with Gasteiger partial charge in [0.2, 0.25) is 0 Å². The van der Waals surface area contributed by atoms with Crippen LogP contribution < -0.4 is 5.32 Å². The molecule has 2 aromatic heterocycles. The van der Waals surface area contributed by atoms with Crippen molar-refractivity contribution in [3.8, 4) is 0 Å². The van der Waals surface area contributed by atoms with Crippen molar-refractivity contribution in [2.45, 2.75) is 20.0 Å². The average Bonchev–Trinajstić information content (AvgIpc) is 2.79. The second-order valence-corrected chi connectivity index (χ2v) is 5.56. The van der Waals surface area contributed by atoms with E-state index in [4.69, 9.17) is 0 Å². The average molecular weight is 300 g/mol. The van der Waals surface area contributed by atoms with E-state index >= 15 is 0 Å². The van der Waals surface area contributed by atoms with Crippen LogP contribution in [-0.2, 0) is 13.1 Å². The summed E-state index contributed by atoms with van der Waals surface area (Å²) in [6, 6.07) is 2.16. The fraction of sp³-hybridized carbons (Fsp3) is 0.364. The highest BCUT2D eigenvalue weighted by Crippen LogP contribution is 2.21. The Kier molecular flexibility index (Phi) is 3.78. The zero-order valence-electron chi connectivity index (χ0n) is 9.33. The molecule has 0 aliphatic carbocycles. The molecular formula is C11H14BrN3S. The molecule has 2 aromatic rings. The summed E-state index contributed by atoms with van der Waals surface area (Å²) in [6.07, 6.45) is 1.94. The molecule has 5 heteroatoms. The van der Waals surface area contributed by atoms with Gasteiger partial charge in [-0.05, 0) is 36.0 Å². The molecule has 0 saturated carbocycles. The van der Waals surface area contributed by atoms with Crippen molar-refractivity contribution in [2.24, 2.45) is 0 Å². The quantitative estimate of drug-likeness (QED) is 0.941. The van der Waals surface area contributed by atoms with Gasteiger partial charge in [0.25, 0.3) is 0 Å². The first-order valence-corrected chi connectivity index (χ1v) is 6.76. The summed E-state index contributed by atoms with van der Waals surface area (Å²) in [4.78, 5) is 5.69. The molecule has 0 radical (unpaired) electrons. The third-order valence-electron chi connectivity index (χ3n) is 2.43. The molecule has 0 amide bonds. The van der Waals surface area contributed by atoms with Crippen molar-refractivity contribution in [3.63, 3.8) is 0 Å². The van der Waals surface area contributed by atoms with Crippen LogP contribution >= 0.6 is 27.3 Å². The number of imidazole rings is 1. The molecule has 86 valence electrons. The Morgan fingerprint density at radius 2 is 2.38 bits per heavy atom. The van der Waals surface area contributed by atoms with Crippen LogP contribution in [0.25, 0.3) is 0 Å². The summed E-state index contributed by atoms with van der Waals surface area (Å²) < 4.78 is 3.40. The van der Waals surface area contributed by atoms with Crippen LogP contribution in [0.15, 0.2) is 22.1 Å². The van der Waals surface area contributed by atoms with Gasteiger partial charge in [0.1, 0.15) is 5.82 Å². The first-order valence-electron chi connectivity index (χ1n) is 5.09. The van der Waals surface area contributed by atoms with Gasteiger partial charge < -0.3 is 9.88 Å². The number of thiophene rings is 1. The maximum atomic E-state index is 4.35. The highest BCUT2D eigenvalue weighted by Gasteiger charge is 2.07. The highest BCUT2D eigenvalue weighted by molar-refractivity contribution is 9.10. The number of halogens is 1. The molecule has 16 heavy (non-hydrogen) atoms. The summed E-state index contributed by atoms with van der Waals surface area (Å²) in [7, 11) is 1.95. The van der Waals surface area contributed by atoms with Crippen molar-refractivity contribution in [1.29, 1.82) is 0 Å². The van der Waals surface area contributed by atoms with Gasteiger partial charge in [-0.25, -0.2) is 4.98 Å². The lowest BCUT2D eigenvalue weighted by atomic mass is 10.4. The first-order chi connectivity index (χ1) is 7.70. The van der Waals surface area contributed by atoms with Crippen LogP contribution in [0.5, 0.6) is 0 Å². The normalized spacial score (nSPS) is 10.9. The molecule has 0 bridgehead atoms. The number of hydrogen-bond donors (Lipinski definition) is 1. The summed E-state index contributed by atoms with van der Waals surface area (Å²) in [5, 5.41) is 5.27. The van der Waals surface area contributed by atoms with E-state index in [0.717, 1.165) is 23.4 Å². The first kappa shape index (κ1) is 11.8. The molecule has 0 aliphatic heterocycles. The van der Waals surface area contributed by atoms with Crippen LogP contribution in [0.1, 0.15) is 16.4 Å². The van der Waals surface area contributed by atoms with Gasteiger partial charge in [-0.1, -0.05) is 0 Å². The Balaban J connectivity index is 2.22. The standard InChI is InChI=1S/C11H14BrN3S/c1-8-14-5-10(4-13-2)15(8)6-11-3-9(12)7-16-11/h3,5,7,13H,4,6H2,1-2H3. The lowest BCUT2D eigenvalue weighted by Gasteiger charge is -2.08. The molecule has 0 aliphatic rings. The van der Waals surface area contributed by atoms with Crippen LogP contribution in [0, 0.1) is 6.92 Å². The third-order valence-corrected chi connectivity index (χ3v) is 4.11. The molecule has 0 saturated heterocycles. The van der Waals surface area contributed by atoms with Gasteiger partial charge in [-0.2, -0.15) is 0 Å². The van der Waals surface area contributed by atoms with Crippen molar-refractivity contribution >= 4 is 27.3 Å². The molecular weight excluding hydrogens is 286 g/mol. The summed E-state index contributed by atoms with van der Waals surface area (Å²) in [6.45, 7) is 3.80. The minimum Gasteiger partial charge on any atom is -0.326 e. The number of nitrogens with one attached hydrogen (secondary N) is 1. The Bertz CT molecular complexity index is 475. The molecule has 0 aromatic carbocycles. The van der Waals surface area contributed by atoms with E-state index in [9.17, 15) is 0 Å². The van der Waals surface area contributed by atoms with E-state index in [-0.39, 0.29) is 0 Å². The van der Waals surface area contributed by atoms with Crippen molar-refractivity contribution in [1.82, 2.24) is 14.9 Å². The summed E-state index contributed by atoms with van der Waals surface area (Å²) in [5.41, 5.74) is 1.23. The topological polar surface area (TPSA) is 29.9 Å². The second kappa shape index (κ2) is 5.12. The fourth-order valence-electron chi connectivity index (χ4n) is 1.65. The number of nitrogens with zero attached hydrogens (tertiary/aromatic N) is 2. The van der Waals surface area contributed by atoms with E-state index in [1.54, 1.807) is 11.3 Å². The van der Waals surface area contributed by atoms with E-state index in [1.165, 1.54) is 10.6 Å². The molecule has 2 rings (SSSR count). The van der Waals surface area contributed by atoms with Gasteiger partial charge in [-0.3, -0.25) is 0 Å². The maximum absolute atomic E-state index is 4.35. The maximum Gasteiger partial charge on any atom is 0.106 e. The lowest BCUT2D eigenvalue weighted by molar-refractivity contribution is 0.681. The van der Waals surface area contributed by atoms with E-state index in [0.29, 0.717) is 0 Å². The molecule has 1 N–H and O–H groups in total. The monoisotopic (exact) mass is 299 g/mol. The van der Waals surface area contributed by atoms with Crippen LogP contribution in [0.3, 0.4) is 0 Å². The lowest BCUT2D eigenvalue weighted by Crippen LogP contribution is -2.12. The van der Waals surface area contributed by atoms with Gasteiger partial charge in [0.05, 0.1) is 12.2 Å². The van der Waals surface area contributed by atoms with Gasteiger partial charge in [0, 0.05) is 27.5 Å². The SMILES string of the molecule is CNCc1cnc(C)n1Cc1cc(Br)cs1. The zero-order chi connectivity index (χ0) is 11.5. The van der Waals surface area contributed by atoms with Crippen molar-refractivity contribution < 1.29 is 0 Å². The van der Waals surface area contributed by atoms with E-state index in [1.807, 2.05) is 20.2 Å². The summed E-state index contributed by atoms with van der Waals surface area (Å²) in [5.74, 6) is 1.06. The van der Waals surface area contributed by atoms with Crippen molar-refractivity contribution in [2.75, 3.05) is 7.05 Å². The van der Waals surface area contributed by atoms with Gasteiger partial charge in [0.15, 0.2) is 0 Å². The second-order valence-electron chi connectivity index (χ2n) is 3.64. The third kappa shape index (κ3) is 2.53. The Morgan fingerprint density at radius 1 is 1.56 bits per heavy atom. The molecule has 0 atom stereocenters. The predicted molar refractivity (Wildman–Crippen MR) is 70.8 cm³/mol. The van der Waals surface area contributed by atoms with E-state index in [2.05, 4.69) is 42.2 Å². The van der Waals surface area contributed by atoms with Crippen LogP contribution in [0.2, 0.25) is 0 Å². The number of hydrogen-bond acceptors (Lipinski definition) is 3.